The first-order chi connectivity index (χ1) is 12.8. The summed E-state index contributed by atoms with van der Waals surface area (Å²) in [5, 5.41) is 14.2. The zero-order valence-corrected chi connectivity index (χ0v) is 17.0. The minimum absolute atomic E-state index is 0. The molecule has 12 heteroatoms. The molecule has 2 fully saturated rings. The maximum absolute atomic E-state index is 13.0. The number of nitro benzene ring substituents is 1. The van der Waals surface area contributed by atoms with Crippen molar-refractivity contribution in [1.82, 2.24) is 14.5 Å². The van der Waals surface area contributed by atoms with Crippen LogP contribution in [-0.2, 0) is 14.8 Å². The molecular weight excluding hydrogens is 412 g/mol. The molecule has 2 saturated heterocycles. The van der Waals surface area contributed by atoms with Crippen molar-refractivity contribution in [3.8, 4) is 5.75 Å². The van der Waals surface area contributed by atoms with Crippen molar-refractivity contribution in [3.63, 3.8) is 0 Å². The number of nitrogens with one attached hydrogen (secondary N) is 1. The Labute approximate surface area is 169 Å². The van der Waals surface area contributed by atoms with Gasteiger partial charge in [-0.1, -0.05) is 0 Å². The average Bonchev–Trinajstić information content (AvgIpc) is 2.67. The molecule has 1 amide bonds. The molecule has 156 valence electrons. The highest BCUT2D eigenvalue weighted by Gasteiger charge is 2.36. The largest absolute Gasteiger partial charge is 0.490 e. The molecular formula is C16H23ClN4O6S. The van der Waals surface area contributed by atoms with Crippen molar-refractivity contribution < 1.29 is 22.9 Å². The number of ether oxygens (including phenoxy) is 1. The number of hydrogen-bond donors (Lipinski definition) is 1. The van der Waals surface area contributed by atoms with Gasteiger partial charge in [-0.15, -0.1) is 12.4 Å². The fourth-order valence-electron chi connectivity index (χ4n) is 3.52. The van der Waals surface area contributed by atoms with Gasteiger partial charge in [0.05, 0.1) is 23.5 Å². The van der Waals surface area contributed by atoms with Crippen molar-refractivity contribution in [3.05, 3.63) is 28.3 Å². The minimum Gasteiger partial charge on any atom is -0.490 e. The Morgan fingerprint density at radius 1 is 1.32 bits per heavy atom. The number of benzene rings is 1. The summed E-state index contributed by atoms with van der Waals surface area (Å²) >= 11 is 0. The molecule has 28 heavy (non-hydrogen) atoms. The molecule has 1 unspecified atom stereocenters. The number of piperidine rings is 1. The number of carbonyl (C=O) groups excluding carboxylic acids is 1. The lowest BCUT2D eigenvalue weighted by molar-refractivity contribution is -0.386. The maximum Gasteiger partial charge on any atom is 0.312 e. The molecule has 2 aliphatic rings. The van der Waals surface area contributed by atoms with E-state index in [4.69, 9.17) is 4.74 Å². The van der Waals surface area contributed by atoms with E-state index >= 15 is 0 Å². The number of nitrogens with zero attached hydrogens (tertiary/aromatic N) is 3. The Morgan fingerprint density at radius 3 is 2.71 bits per heavy atom. The zero-order chi connectivity index (χ0) is 19.6. The molecule has 0 bridgehead atoms. The van der Waals surface area contributed by atoms with Gasteiger partial charge in [0.2, 0.25) is 15.9 Å². The van der Waals surface area contributed by atoms with Crippen LogP contribution >= 0.6 is 12.4 Å². The summed E-state index contributed by atoms with van der Waals surface area (Å²) in [5.41, 5.74) is -0.399. The molecule has 1 atom stereocenters. The quantitative estimate of drug-likeness (QED) is 0.532. The first-order valence-electron chi connectivity index (χ1n) is 8.67. The van der Waals surface area contributed by atoms with Gasteiger partial charge >= 0.3 is 5.69 Å². The Balaban J connectivity index is 0.00000280. The number of halogens is 1. The maximum atomic E-state index is 13.0. The van der Waals surface area contributed by atoms with Crippen molar-refractivity contribution in [2.24, 2.45) is 0 Å². The Kier molecular flexibility index (Phi) is 7.21. The number of piperazine rings is 1. The summed E-state index contributed by atoms with van der Waals surface area (Å²) in [6, 6.07) is 3.43. The normalized spacial score (nSPS) is 21.1. The second-order valence-corrected chi connectivity index (χ2v) is 8.45. The summed E-state index contributed by atoms with van der Waals surface area (Å²) in [5.74, 6) is -0.0348. The highest BCUT2D eigenvalue weighted by atomic mass is 35.5. The lowest BCUT2D eigenvalue weighted by Crippen LogP contribution is -2.57. The van der Waals surface area contributed by atoms with E-state index < -0.39 is 20.6 Å². The van der Waals surface area contributed by atoms with Crippen molar-refractivity contribution in [2.45, 2.75) is 23.8 Å². The third-order valence-electron chi connectivity index (χ3n) is 4.91. The molecule has 0 spiro atoms. The fraction of sp³-hybridized carbons (Fsp3) is 0.562. The number of methoxy groups -OCH3 is 1. The topological polar surface area (TPSA) is 122 Å². The smallest absolute Gasteiger partial charge is 0.312 e. The van der Waals surface area contributed by atoms with Crippen LogP contribution in [0.3, 0.4) is 0 Å². The second-order valence-electron chi connectivity index (χ2n) is 6.51. The van der Waals surface area contributed by atoms with E-state index in [-0.39, 0.29) is 48.1 Å². The van der Waals surface area contributed by atoms with E-state index in [1.54, 1.807) is 4.90 Å². The number of carbonyl (C=O) groups is 1. The van der Waals surface area contributed by atoms with E-state index in [1.165, 1.54) is 23.5 Å². The molecule has 0 aromatic heterocycles. The molecule has 1 aromatic carbocycles. The van der Waals surface area contributed by atoms with Gasteiger partial charge in [0.15, 0.2) is 5.75 Å². The first kappa shape index (κ1) is 22.3. The van der Waals surface area contributed by atoms with Crippen molar-refractivity contribution >= 4 is 34.0 Å². The van der Waals surface area contributed by atoms with Crippen LogP contribution in [-0.4, -0.2) is 74.3 Å². The summed E-state index contributed by atoms with van der Waals surface area (Å²) in [6.45, 7) is 1.99. The lowest BCUT2D eigenvalue weighted by atomic mass is 10.1. The molecule has 1 aromatic rings. The predicted octanol–water partition coefficient (Wildman–Crippen LogP) is 0.610. The van der Waals surface area contributed by atoms with E-state index in [9.17, 15) is 23.3 Å². The molecule has 0 radical (unpaired) electrons. The first-order valence-corrected chi connectivity index (χ1v) is 10.1. The number of nitro groups is 1. The van der Waals surface area contributed by atoms with Crippen LogP contribution in [0.2, 0.25) is 0 Å². The van der Waals surface area contributed by atoms with Crippen LogP contribution in [0, 0.1) is 10.1 Å². The number of rotatable bonds is 5. The molecule has 2 heterocycles. The SMILES string of the molecule is COc1ccc(S(=O)(=O)N2CCCC(N3CCNCC3=O)C2)cc1[N+](=O)[O-].Cl. The number of amides is 1. The number of hydrogen-bond acceptors (Lipinski definition) is 7. The standard InChI is InChI=1S/C16H22N4O6S.ClH/c1-26-15-5-4-13(9-14(15)20(22)23)27(24,25)18-7-2-3-12(11-18)19-8-6-17-10-16(19)21;/h4-5,9,12,17H,2-3,6-8,10-11H2,1H3;1H. The van der Waals surface area contributed by atoms with Crippen LogP contribution in [0.25, 0.3) is 0 Å². The van der Waals surface area contributed by atoms with Gasteiger partial charge in [-0.25, -0.2) is 8.42 Å². The van der Waals surface area contributed by atoms with Crippen LogP contribution in [0.4, 0.5) is 5.69 Å². The van der Waals surface area contributed by atoms with Crippen LogP contribution in [0.1, 0.15) is 12.8 Å². The highest BCUT2D eigenvalue weighted by molar-refractivity contribution is 7.89. The van der Waals surface area contributed by atoms with Gasteiger partial charge in [-0.2, -0.15) is 4.31 Å². The van der Waals surface area contributed by atoms with Gasteiger partial charge in [-0.05, 0) is 25.0 Å². The molecule has 2 aliphatic heterocycles. The lowest BCUT2D eigenvalue weighted by Gasteiger charge is -2.40. The third kappa shape index (κ3) is 4.37. The second kappa shape index (κ2) is 9.03. The van der Waals surface area contributed by atoms with E-state index in [0.717, 1.165) is 12.5 Å². The molecule has 0 saturated carbocycles. The van der Waals surface area contributed by atoms with E-state index in [2.05, 4.69) is 5.32 Å². The Hall–Kier alpha value is -1.95. The predicted molar refractivity (Wildman–Crippen MR) is 103 cm³/mol. The van der Waals surface area contributed by atoms with Crippen LogP contribution < -0.4 is 10.1 Å². The van der Waals surface area contributed by atoms with Gasteiger partial charge in [0, 0.05) is 38.3 Å². The van der Waals surface area contributed by atoms with Crippen LogP contribution in [0.15, 0.2) is 23.1 Å². The number of sulfonamides is 1. The Bertz CT molecular complexity index is 850. The van der Waals surface area contributed by atoms with E-state index in [0.29, 0.717) is 26.1 Å². The monoisotopic (exact) mass is 434 g/mol. The summed E-state index contributed by atoms with van der Waals surface area (Å²) in [4.78, 5) is 24.2. The van der Waals surface area contributed by atoms with E-state index in [1.807, 2.05) is 0 Å². The summed E-state index contributed by atoms with van der Waals surface area (Å²) in [6.07, 6.45) is 1.36. The third-order valence-corrected chi connectivity index (χ3v) is 6.77. The summed E-state index contributed by atoms with van der Waals surface area (Å²) < 4.78 is 32.3. The molecule has 10 nitrogen and oxygen atoms in total. The zero-order valence-electron chi connectivity index (χ0n) is 15.4. The van der Waals surface area contributed by atoms with Crippen molar-refractivity contribution in [1.29, 1.82) is 0 Å². The summed E-state index contributed by atoms with van der Waals surface area (Å²) in [7, 11) is -2.62. The minimum atomic E-state index is -3.91. The average molecular weight is 435 g/mol. The van der Waals surface area contributed by atoms with Gasteiger partial charge in [-0.3, -0.25) is 14.9 Å². The van der Waals surface area contributed by atoms with Gasteiger partial charge < -0.3 is 15.0 Å². The van der Waals surface area contributed by atoms with Gasteiger partial charge in [0.25, 0.3) is 0 Å². The molecule has 0 aliphatic carbocycles. The Morgan fingerprint density at radius 2 is 2.07 bits per heavy atom. The molecule has 1 N–H and O–H groups in total. The fourth-order valence-corrected chi connectivity index (χ4v) is 5.06. The van der Waals surface area contributed by atoms with Crippen LogP contribution in [0.5, 0.6) is 5.75 Å². The van der Waals surface area contributed by atoms with Gasteiger partial charge in [0.1, 0.15) is 0 Å². The van der Waals surface area contributed by atoms with Crippen molar-refractivity contribution in [2.75, 3.05) is 39.8 Å². The highest BCUT2D eigenvalue weighted by Crippen LogP contribution is 2.31. The molecule has 3 rings (SSSR count).